The lowest BCUT2D eigenvalue weighted by atomic mass is 10.1. The van der Waals surface area contributed by atoms with Crippen LogP contribution in [0.25, 0.3) is 0 Å². The zero-order valence-corrected chi connectivity index (χ0v) is 22.7. The van der Waals surface area contributed by atoms with Crippen LogP contribution in [-0.2, 0) is 9.59 Å². The number of amides is 2. The van der Waals surface area contributed by atoms with Crippen molar-refractivity contribution < 1.29 is 9.59 Å². The summed E-state index contributed by atoms with van der Waals surface area (Å²) in [6.45, 7) is 13.1. The van der Waals surface area contributed by atoms with E-state index in [-0.39, 0.29) is 35.8 Å². The van der Waals surface area contributed by atoms with E-state index in [1.165, 1.54) is 6.42 Å². The lowest BCUT2D eigenvalue weighted by molar-refractivity contribution is -0.140. The van der Waals surface area contributed by atoms with Crippen molar-refractivity contribution >= 4 is 41.8 Å². The second-order valence-electron chi connectivity index (χ2n) is 9.13. The van der Waals surface area contributed by atoms with Crippen molar-refractivity contribution in [2.45, 2.75) is 72.6 Å². The minimum Gasteiger partial charge on any atom is -0.356 e. The predicted molar refractivity (Wildman–Crippen MR) is 140 cm³/mol. The molecule has 0 saturated carbocycles. The summed E-state index contributed by atoms with van der Waals surface area (Å²) in [6, 6.07) is 0. The highest BCUT2D eigenvalue weighted by molar-refractivity contribution is 14.0. The molecule has 1 rings (SSSR count). The van der Waals surface area contributed by atoms with Crippen molar-refractivity contribution in [2.75, 3.05) is 46.3 Å². The third-order valence-electron chi connectivity index (χ3n) is 5.40. The van der Waals surface area contributed by atoms with Gasteiger partial charge in [0, 0.05) is 59.2 Å². The fraction of sp³-hybridized carbons (Fsp3) is 0.870. The summed E-state index contributed by atoms with van der Waals surface area (Å²) >= 11 is 0. The molecule has 0 aromatic heterocycles. The minimum atomic E-state index is 0. The molecule has 2 amide bonds. The Labute approximate surface area is 207 Å². The van der Waals surface area contributed by atoms with Crippen LogP contribution >= 0.6 is 24.0 Å². The van der Waals surface area contributed by atoms with E-state index in [2.05, 4.69) is 43.3 Å². The maximum atomic E-state index is 12.4. The average molecular weight is 552 g/mol. The van der Waals surface area contributed by atoms with Crippen LogP contribution in [-0.4, -0.2) is 73.9 Å². The summed E-state index contributed by atoms with van der Waals surface area (Å²) in [5, 5.41) is 6.69. The van der Waals surface area contributed by atoms with Crippen LogP contribution in [0, 0.1) is 11.8 Å². The highest BCUT2D eigenvalue weighted by Crippen LogP contribution is 2.10. The number of carbonyl (C=O) groups is 2. The fourth-order valence-corrected chi connectivity index (χ4v) is 3.56. The molecular formula is C23H46IN5O2. The summed E-state index contributed by atoms with van der Waals surface area (Å²) in [5.74, 6) is 2.42. The number of rotatable bonds is 12. The highest BCUT2D eigenvalue weighted by atomic mass is 127. The van der Waals surface area contributed by atoms with Crippen LogP contribution in [0.15, 0.2) is 4.99 Å². The number of piperazine rings is 1. The Kier molecular flexibility index (Phi) is 16.9. The number of hydrogen-bond acceptors (Lipinski definition) is 3. The van der Waals surface area contributed by atoms with Crippen LogP contribution < -0.4 is 10.6 Å². The Morgan fingerprint density at radius 3 is 1.87 bits per heavy atom. The minimum absolute atomic E-state index is 0. The van der Waals surface area contributed by atoms with E-state index in [4.69, 9.17) is 0 Å². The maximum absolute atomic E-state index is 12.4. The van der Waals surface area contributed by atoms with Crippen LogP contribution in [0.2, 0.25) is 0 Å². The number of carbonyl (C=O) groups excluding carboxylic acids is 2. The number of unbranched alkanes of at least 4 members (excludes halogenated alkanes) is 2. The van der Waals surface area contributed by atoms with E-state index in [1.54, 1.807) is 7.05 Å². The third-order valence-corrected chi connectivity index (χ3v) is 5.40. The van der Waals surface area contributed by atoms with Gasteiger partial charge in [-0.3, -0.25) is 14.6 Å². The summed E-state index contributed by atoms with van der Waals surface area (Å²) in [5.41, 5.74) is 0. The number of hydrogen-bond donors (Lipinski definition) is 2. The zero-order valence-electron chi connectivity index (χ0n) is 20.4. The first-order valence-corrected chi connectivity index (χ1v) is 11.8. The molecule has 0 bridgehead atoms. The van der Waals surface area contributed by atoms with Gasteiger partial charge in [-0.2, -0.15) is 0 Å². The van der Waals surface area contributed by atoms with Crippen molar-refractivity contribution in [1.82, 2.24) is 20.4 Å². The normalized spacial score (nSPS) is 14.6. The van der Waals surface area contributed by atoms with Gasteiger partial charge in [0.25, 0.3) is 0 Å². The molecule has 0 atom stereocenters. The lowest BCUT2D eigenvalue weighted by Gasteiger charge is -2.35. The molecule has 1 fully saturated rings. The summed E-state index contributed by atoms with van der Waals surface area (Å²) < 4.78 is 0. The number of guanidine groups is 1. The number of halogens is 1. The highest BCUT2D eigenvalue weighted by Gasteiger charge is 2.23. The molecule has 0 aliphatic carbocycles. The Bertz CT molecular complexity index is 532. The van der Waals surface area contributed by atoms with E-state index in [1.807, 2.05) is 9.80 Å². The van der Waals surface area contributed by atoms with E-state index >= 15 is 0 Å². The van der Waals surface area contributed by atoms with Crippen LogP contribution in [0.5, 0.6) is 0 Å². The predicted octanol–water partition coefficient (Wildman–Crippen LogP) is 3.48. The molecule has 0 spiro atoms. The van der Waals surface area contributed by atoms with Gasteiger partial charge in [0.1, 0.15) is 0 Å². The van der Waals surface area contributed by atoms with Crippen LogP contribution in [0.1, 0.15) is 72.6 Å². The van der Waals surface area contributed by atoms with E-state index in [0.29, 0.717) is 44.9 Å². The molecule has 7 nitrogen and oxygen atoms in total. The monoisotopic (exact) mass is 551 g/mol. The smallest absolute Gasteiger partial charge is 0.222 e. The Morgan fingerprint density at radius 2 is 1.35 bits per heavy atom. The standard InChI is InChI=1S/C23H45N5O2.HI/c1-19(2)10-9-13-26-23(24-5)25-12-8-6-7-11-21(29)27-14-16-28(17-15-27)22(30)18-20(3)4;/h19-20H,6-18H2,1-5H3,(H2,24,25,26);1H. The lowest BCUT2D eigenvalue weighted by Crippen LogP contribution is -2.50. The second kappa shape index (κ2) is 17.5. The topological polar surface area (TPSA) is 77.0 Å². The van der Waals surface area contributed by atoms with Crippen molar-refractivity contribution in [3.63, 3.8) is 0 Å². The molecular weight excluding hydrogens is 505 g/mol. The van der Waals surface area contributed by atoms with Crippen LogP contribution in [0.3, 0.4) is 0 Å². The molecule has 182 valence electrons. The molecule has 8 heteroatoms. The molecule has 1 aliphatic rings. The fourth-order valence-electron chi connectivity index (χ4n) is 3.56. The Hall–Kier alpha value is -1.06. The van der Waals surface area contributed by atoms with Gasteiger partial charge in [-0.25, -0.2) is 0 Å². The van der Waals surface area contributed by atoms with E-state index < -0.39 is 0 Å². The van der Waals surface area contributed by atoms with Gasteiger partial charge in [-0.15, -0.1) is 24.0 Å². The Balaban J connectivity index is 0.00000900. The van der Waals surface area contributed by atoms with Crippen molar-refractivity contribution in [2.24, 2.45) is 16.8 Å². The summed E-state index contributed by atoms with van der Waals surface area (Å²) in [6.07, 6.45) is 6.53. The zero-order chi connectivity index (χ0) is 22.4. The molecule has 0 aromatic carbocycles. The quantitative estimate of drug-likeness (QED) is 0.169. The number of nitrogens with zero attached hydrogens (tertiary/aromatic N) is 3. The number of aliphatic imine (C=N–C) groups is 1. The molecule has 31 heavy (non-hydrogen) atoms. The first-order chi connectivity index (χ1) is 14.3. The third kappa shape index (κ3) is 13.9. The Morgan fingerprint density at radius 1 is 0.806 bits per heavy atom. The van der Waals surface area contributed by atoms with Gasteiger partial charge in [-0.1, -0.05) is 34.1 Å². The molecule has 0 radical (unpaired) electrons. The first kappa shape index (κ1) is 29.9. The van der Waals surface area contributed by atoms with Crippen molar-refractivity contribution in [3.8, 4) is 0 Å². The molecule has 0 unspecified atom stereocenters. The second-order valence-corrected chi connectivity index (χ2v) is 9.13. The first-order valence-electron chi connectivity index (χ1n) is 11.8. The van der Waals surface area contributed by atoms with Gasteiger partial charge < -0.3 is 20.4 Å². The van der Waals surface area contributed by atoms with Gasteiger partial charge in [-0.05, 0) is 37.5 Å². The van der Waals surface area contributed by atoms with E-state index in [9.17, 15) is 9.59 Å². The maximum Gasteiger partial charge on any atom is 0.222 e. The SMILES string of the molecule is CN=C(NCCCCCC(=O)N1CCN(C(=O)CC(C)C)CC1)NCCCC(C)C.I. The summed E-state index contributed by atoms with van der Waals surface area (Å²) in [4.78, 5) is 32.6. The van der Waals surface area contributed by atoms with Gasteiger partial charge in [0.15, 0.2) is 5.96 Å². The molecule has 1 saturated heterocycles. The van der Waals surface area contributed by atoms with Crippen molar-refractivity contribution in [1.29, 1.82) is 0 Å². The molecule has 2 N–H and O–H groups in total. The van der Waals surface area contributed by atoms with Gasteiger partial charge >= 0.3 is 0 Å². The van der Waals surface area contributed by atoms with Gasteiger partial charge in [0.05, 0.1) is 0 Å². The van der Waals surface area contributed by atoms with E-state index in [0.717, 1.165) is 50.7 Å². The van der Waals surface area contributed by atoms with Crippen molar-refractivity contribution in [3.05, 3.63) is 0 Å². The molecule has 0 aromatic rings. The van der Waals surface area contributed by atoms with Crippen LogP contribution in [0.4, 0.5) is 0 Å². The summed E-state index contributed by atoms with van der Waals surface area (Å²) in [7, 11) is 1.80. The largest absolute Gasteiger partial charge is 0.356 e. The number of nitrogens with one attached hydrogen (secondary N) is 2. The average Bonchev–Trinajstić information content (AvgIpc) is 2.71. The van der Waals surface area contributed by atoms with Gasteiger partial charge in [0.2, 0.25) is 11.8 Å². The molecule has 1 aliphatic heterocycles. The molecule has 1 heterocycles.